The van der Waals surface area contributed by atoms with Gasteiger partial charge in [0.15, 0.2) is 0 Å². The van der Waals surface area contributed by atoms with E-state index in [0.29, 0.717) is 0 Å². The summed E-state index contributed by atoms with van der Waals surface area (Å²) in [5.41, 5.74) is 4.54. The lowest BCUT2D eigenvalue weighted by Gasteiger charge is -2.23. The highest BCUT2D eigenvalue weighted by atomic mass is 19.4. The van der Waals surface area contributed by atoms with Crippen molar-refractivity contribution in [2.75, 3.05) is 0 Å². The van der Waals surface area contributed by atoms with Gasteiger partial charge >= 0.3 is 6.18 Å². The SMILES string of the molecule is N[C@H](c1c(F)cccc1C(F)(F)F)C1CCCC1. The average molecular weight is 261 g/mol. The van der Waals surface area contributed by atoms with Crippen LogP contribution in [-0.2, 0) is 6.18 Å². The Hall–Kier alpha value is -1.10. The Balaban J connectivity index is 2.41. The molecule has 1 fully saturated rings. The van der Waals surface area contributed by atoms with E-state index < -0.39 is 23.6 Å². The van der Waals surface area contributed by atoms with Gasteiger partial charge in [-0.25, -0.2) is 4.39 Å². The summed E-state index contributed by atoms with van der Waals surface area (Å²) in [6.45, 7) is 0. The Morgan fingerprint density at radius 1 is 1.17 bits per heavy atom. The van der Waals surface area contributed by atoms with Crippen LogP contribution in [0.4, 0.5) is 17.6 Å². The molecule has 0 radical (unpaired) electrons. The van der Waals surface area contributed by atoms with E-state index in [-0.39, 0.29) is 11.5 Å². The fourth-order valence-electron chi connectivity index (χ4n) is 2.68. The molecule has 0 unspecified atom stereocenters. The van der Waals surface area contributed by atoms with Gasteiger partial charge in [-0.05, 0) is 30.9 Å². The lowest BCUT2D eigenvalue weighted by Crippen LogP contribution is -2.24. The second-order valence-corrected chi connectivity index (χ2v) is 4.77. The first-order valence-corrected chi connectivity index (χ1v) is 6.02. The van der Waals surface area contributed by atoms with Crippen LogP contribution < -0.4 is 5.73 Å². The van der Waals surface area contributed by atoms with Gasteiger partial charge in [-0.1, -0.05) is 18.9 Å². The zero-order chi connectivity index (χ0) is 13.3. The Kier molecular flexibility index (Phi) is 3.61. The maximum absolute atomic E-state index is 13.7. The van der Waals surface area contributed by atoms with Crippen molar-refractivity contribution in [2.24, 2.45) is 11.7 Å². The number of alkyl halides is 3. The summed E-state index contributed by atoms with van der Waals surface area (Å²) in [5.74, 6) is -0.910. The van der Waals surface area contributed by atoms with Crippen LogP contribution in [0.3, 0.4) is 0 Å². The van der Waals surface area contributed by atoms with Crippen LogP contribution in [0.15, 0.2) is 18.2 Å². The predicted octanol–water partition coefficient (Wildman–Crippen LogP) is 4.03. The van der Waals surface area contributed by atoms with Crippen LogP contribution in [0.1, 0.15) is 42.9 Å². The molecule has 1 aromatic rings. The average Bonchev–Trinajstić information content (AvgIpc) is 2.80. The van der Waals surface area contributed by atoms with E-state index >= 15 is 0 Å². The number of halogens is 4. The fraction of sp³-hybridized carbons (Fsp3) is 0.538. The minimum atomic E-state index is -4.56. The van der Waals surface area contributed by atoms with Crippen molar-refractivity contribution in [3.05, 3.63) is 35.1 Å². The summed E-state index contributed by atoms with van der Waals surface area (Å²) in [6.07, 6.45) is -1.12. The van der Waals surface area contributed by atoms with Gasteiger partial charge in [0, 0.05) is 11.6 Å². The molecule has 5 heteroatoms. The molecule has 2 rings (SSSR count). The molecule has 1 atom stereocenters. The number of hydrogen-bond acceptors (Lipinski definition) is 1. The van der Waals surface area contributed by atoms with Gasteiger partial charge < -0.3 is 5.73 Å². The third-order valence-electron chi connectivity index (χ3n) is 3.60. The second kappa shape index (κ2) is 4.88. The summed E-state index contributed by atoms with van der Waals surface area (Å²) in [5, 5.41) is 0. The molecule has 0 bridgehead atoms. The number of rotatable bonds is 2. The summed E-state index contributed by atoms with van der Waals surface area (Å²) in [4.78, 5) is 0. The third-order valence-corrected chi connectivity index (χ3v) is 3.60. The van der Waals surface area contributed by atoms with Gasteiger partial charge in [0.1, 0.15) is 5.82 Å². The topological polar surface area (TPSA) is 26.0 Å². The van der Waals surface area contributed by atoms with Crippen LogP contribution in [0.2, 0.25) is 0 Å². The van der Waals surface area contributed by atoms with Crippen molar-refractivity contribution in [1.82, 2.24) is 0 Å². The standard InChI is InChI=1S/C13H15F4N/c14-10-7-3-6-9(13(15,16)17)11(10)12(18)8-4-1-2-5-8/h3,6-8,12H,1-2,4-5,18H2/t12-/m0/s1. The summed E-state index contributed by atoms with van der Waals surface area (Å²) in [7, 11) is 0. The highest BCUT2D eigenvalue weighted by Crippen LogP contribution is 2.41. The predicted molar refractivity (Wildman–Crippen MR) is 60.3 cm³/mol. The van der Waals surface area contributed by atoms with E-state index in [2.05, 4.69) is 0 Å². The number of benzene rings is 1. The first-order valence-electron chi connectivity index (χ1n) is 6.02. The van der Waals surface area contributed by atoms with Crippen molar-refractivity contribution >= 4 is 0 Å². The Labute approximate surface area is 103 Å². The normalized spacial score (nSPS) is 19.2. The minimum Gasteiger partial charge on any atom is -0.324 e. The molecule has 0 heterocycles. The van der Waals surface area contributed by atoms with E-state index in [0.717, 1.165) is 43.9 Å². The molecule has 1 nitrogen and oxygen atoms in total. The molecular weight excluding hydrogens is 246 g/mol. The first kappa shape index (κ1) is 13.3. The molecule has 0 aromatic heterocycles. The molecule has 0 spiro atoms. The zero-order valence-corrected chi connectivity index (χ0v) is 9.80. The lowest BCUT2D eigenvalue weighted by atomic mass is 9.89. The van der Waals surface area contributed by atoms with Gasteiger partial charge in [0.2, 0.25) is 0 Å². The quantitative estimate of drug-likeness (QED) is 0.799. The molecule has 1 aliphatic rings. The smallest absolute Gasteiger partial charge is 0.324 e. The highest BCUT2D eigenvalue weighted by Gasteiger charge is 2.38. The molecule has 1 aliphatic carbocycles. The zero-order valence-electron chi connectivity index (χ0n) is 9.80. The Morgan fingerprint density at radius 2 is 1.78 bits per heavy atom. The van der Waals surface area contributed by atoms with Crippen LogP contribution in [-0.4, -0.2) is 0 Å². The van der Waals surface area contributed by atoms with E-state index in [1.54, 1.807) is 0 Å². The van der Waals surface area contributed by atoms with Gasteiger partial charge in [-0.15, -0.1) is 0 Å². The summed E-state index contributed by atoms with van der Waals surface area (Å²) in [6, 6.07) is 2.14. The molecule has 0 amide bonds. The molecular formula is C13H15F4N. The molecule has 1 saturated carbocycles. The largest absolute Gasteiger partial charge is 0.416 e. The Bertz CT molecular complexity index is 421. The molecule has 1 aromatic carbocycles. The van der Waals surface area contributed by atoms with E-state index in [9.17, 15) is 17.6 Å². The molecule has 0 aliphatic heterocycles. The van der Waals surface area contributed by atoms with Crippen LogP contribution in [0.5, 0.6) is 0 Å². The fourth-order valence-corrected chi connectivity index (χ4v) is 2.68. The van der Waals surface area contributed by atoms with Crippen LogP contribution in [0.25, 0.3) is 0 Å². The van der Waals surface area contributed by atoms with Gasteiger partial charge in [0.05, 0.1) is 5.56 Å². The molecule has 18 heavy (non-hydrogen) atoms. The monoisotopic (exact) mass is 261 g/mol. The van der Waals surface area contributed by atoms with Crippen LogP contribution in [0, 0.1) is 11.7 Å². The lowest BCUT2D eigenvalue weighted by molar-refractivity contribution is -0.138. The molecule has 100 valence electrons. The van der Waals surface area contributed by atoms with Crippen molar-refractivity contribution in [3.63, 3.8) is 0 Å². The van der Waals surface area contributed by atoms with Gasteiger partial charge in [0.25, 0.3) is 0 Å². The van der Waals surface area contributed by atoms with Crippen molar-refractivity contribution in [2.45, 2.75) is 37.9 Å². The molecule has 2 N–H and O–H groups in total. The number of hydrogen-bond donors (Lipinski definition) is 1. The van der Waals surface area contributed by atoms with Gasteiger partial charge in [-0.2, -0.15) is 13.2 Å². The minimum absolute atomic E-state index is 0.0528. The Morgan fingerprint density at radius 3 is 2.33 bits per heavy atom. The maximum Gasteiger partial charge on any atom is 0.416 e. The van der Waals surface area contributed by atoms with Crippen molar-refractivity contribution in [3.8, 4) is 0 Å². The summed E-state index contributed by atoms with van der Waals surface area (Å²) < 4.78 is 52.3. The van der Waals surface area contributed by atoms with Crippen molar-refractivity contribution < 1.29 is 17.6 Å². The molecule has 0 saturated heterocycles. The number of nitrogens with two attached hydrogens (primary N) is 1. The van der Waals surface area contributed by atoms with E-state index in [4.69, 9.17) is 5.73 Å². The summed E-state index contributed by atoms with van der Waals surface area (Å²) >= 11 is 0. The highest BCUT2D eigenvalue weighted by molar-refractivity contribution is 5.34. The van der Waals surface area contributed by atoms with Crippen LogP contribution >= 0.6 is 0 Å². The van der Waals surface area contributed by atoms with Gasteiger partial charge in [-0.3, -0.25) is 0 Å². The third kappa shape index (κ3) is 2.51. The van der Waals surface area contributed by atoms with E-state index in [1.807, 2.05) is 0 Å². The van der Waals surface area contributed by atoms with Crippen molar-refractivity contribution in [1.29, 1.82) is 0 Å². The van der Waals surface area contributed by atoms with E-state index in [1.165, 1.54) is 0 Å². The second-order valence-electron chi connectivity index (χ2n) is 4.77. The maximum atomic E-state index is 13.7. The first-order chi connectivity index (χ1) is 8.41.